The molecule has 0 spiro atoms. The van der Waals surface area contributed by atoms with Crippen LogP contribution >= 0.6 is 0 Å². The van der Waals surface area contributed by atoms with Gasteiger partial charge >= 0.3 is 5.69 Å². The van der Waals surface area contributed by atoms with E-state index in [0.29, 0.717) is 19.1 Å². The maximum Gasteiger partial charge on any atom is 0.329 e. The third-order valence-corrected chi connectivity index (χ3v) is 3.70. The second-order valence-electron chi connectivity index (χ2n) is 5.35. The van der Waals surface area contributed by atoms with Crippen LogP contribution in [0.15, 0.2) is 45.0 Å². The fourth-order valence-corrected chi connectivity index (χ4v) is 2.42. The lowest BCUT2D eigenvalue weighted by molar-refractivity contribution is 0.188. The van der Waals surface area contributed by atoms with Crippen molar-refractivity contribution in [1.82, 2.24) is 19.1 Å². The van der Waals surface area contributed by atoms with E-state index in [1.165, 1.54) is 4.57 Å². The van der Waals surface area contributed by atoms with E-state index in [0.717, 1.165) is 5.56 Å². The van der Waals surface area contributed by atoms with Gasteiger partial charge in [-0.1, -0.05) is 30.3 Å². The first-order valence-corrected chi connectivity index (χ1v) is 7.64. The monoisotopic (exact) mass is 342 g/mol. The largest absolute Gasteiger partial charge is 0.383 e. The Morgan fingerprint density at radius 2 is 2.08 bits per heavy atom. The molecule has 130 valence electrons. The van der Waals surface area contributed by atoms with Gasteiger partial charge in [0.15, 0.2) is 11.2 Å². The number of fused-ring (bicyclic) bond motifs is 1. The molecule has 0 unspecified atom stereocenters. The van der Waals surface area contributed by atoms with Gasteiger partial charge in [0.1, 0.15) is 0 Å². The first-order valence-electron chi connectivity index (χ1n) is 7.64. The normalized spacial score (nSPS) is 11.4. The van der Waals surface area contributed by atoms with E-state index in [-0.39, 0.29) is 11.2 Å². The van der Waals surface area contributed by atoms with Crippen LogP contribution in [-0.4, -0.2) is 39.0 Å². The first-order chi connectivity index (χ1) is 12.1. The fraction of sp³-hybridized carbons (Fsp3) is 0.250. The summed E-state index contributed by atoms with van der Waals surface area (Å²) >= 11 is 0. The summed E-state index contributed by atoms with van der Waals surface area (Å²) in [5.74, 6) is 0.353. The summed E-state index contributed by atoms with van der Waals surface area (Å²) in [4.78, 5) is 30.6. The lowest BCUT2D eigenvalue weighted by Crippen LogP contribution is -2.29. The molecule has 0 radical (unpaired) electrons. The Morgan fingerprint density at radius 3 is 2.80 bits per heavy atom. The van der Waals surface area contributed by atoms with Crippen molar-refractivity contribution in [3.05, 3.63) is 56.7 Å². The summed E-state index contributed by atoms with van der Waals surface area (Å²) in [6.07, 6.45) is 1.64. The number of aryl methyl sites for hydroxylation is 1. The number of ether oxygens (including phenoxy) is 1. The average Bonchev–Trinajstić information content (AvgIpc) is 2.98. The van der Waals surface area contributed by atoms with Gasteiger partial charge < -0.3 is 9.30 Å². The van der Waals surface area contributed by atoms with Gasteiger partial charge in [0, 0.05) is 20.7 Å². The Balaban J connectivity index is 2.03. The molecule has 3 aromatic rings. The quantitative estimate of drug-likeness (QED) is 0.502. The van der Waals surface area contributed by atoms with Crippen molar-refractivity contribution < 1.29 is 4.74 Å². The Labute approximate surface area is 142 Å². The van der Waals surface area contributed by atoms with Gasteiger partial charge in [-0.2, -0.15) is 10.1 Å². The molecule has 2 N–H and O–H groups in total. The SMILES string of the molecule is COCCn1c(NN=Cc2ccccc2)nc2c1c(=O)[nH]c(=O)n2C. The first kappa shape index (κ1) is 16.7. The Bertz CT molecular complexity index is 1020. The molecule has 0 saturated heterocycles. The lowest BCUT2D eigenvalue weighted by atomic mass is 10.2. The van der Waals surface area contributed by atoms with Crippen LogP contribution in [0.3, 0.4) is 0 Å². The molecule has 25 heavy (non-hydrogen) atoms. The van der Waals surface area contributed by atoms with E-state index in [1.54, 1.807) is 24.9 Å². The maximum absolute atomic E-state index is 12.2. The minimum absolute atomic E-state index is 0.280. The van der Waals surface area contributed by atoms with Gasteiger partial charge in [-0.05, 0) is 5.56 Å². The number of rotatable bonds is 6. The summed E-state index contributed by atoms with van der Waals surface area (Å²) in [6, 6.07) is 9.55. The Hall–Kier alpha value is -3.20. The summed E-state index contributed by atoms with van der Waals surface area (Å²) in [6.45, 7) is 0.766. The van der Waals surface area contributed by atoms with Crippen molar-refractivity contribution in [3.8, 4) is 0 Å². The van der Waals surface area contributed by atoms with Crippen LogP contribution in [-0.2, 0) is 18.3 Å². The van der Waals surface area contributed by atoms with Crippen molar-refractivity contribution >= 4 is 23.3 Å². The maximum atomic E-state index is 12.2. The topological polar surface area (TPSA) is 106 Å². The molecule has 0 aliphatic heterocycles. The number of imidazole rings is 1. The van der Waals surface area contributed by atoms with Crippen LogP contribution in [0.2, 0.25) is 0 Å². The number of H-pyrrole nitrogens is 1. The highest BCUT2D eigenvalue weighted by Crippen LogP contribution is 2.15. The van der Waals surface area contributed by atoms with Crippen LogP contribution in [0.1, 0.15) is 5.56 Å². The molecule has 2 heterocycles. The predicted octanol–water partition coefficient (Wildman–Crippen LogP) is 0.516. The van der Waals surface area contributed by atoms with Gasteiger partial charge in [-0.25, -0.2) is 10.2 Å². The Kier molecular flexibility index (Phi) is 4.75. The zero-order chi connectivity index (χ0) is 17.8. The molecule has 3 rings (SSSR count). The van der Waals surface area contributed by atoms with Gasteiger partial charge in [0.2, 0.25) is 5.95 Å². The number of benzene rings is 1. The standard InChI is InChI=1S/C16H18N6O3/c1-21-13-12(14(23)19-16(21)24)22(8-9-25-2)15(18-13)20-17-10-11-6-4-3-5-7-11/h3-7,10H,8-9H2,1-2H3,(H,18,20)(H,19,23,24). The number of hydrazone groups is 1. The van der Waals surface area contributed by atoms with Gasteiger partial charge in [0.25, 0.3) is 5.56 Å². The number of nitrogens with zero attached hydrogens (tertiary/aromatic N) is 4. The predicted molar refractivity (Wildman–Crippen MR) is 95.1 cm³/mol. The molecule has 0 aliphatic rings. The molecular weight excluding hydrogens is 324 g/mol. The fourth-order valence-electron chi connectivity index (χ4n) is 2.42. The molecule has 9 heteroatoms. The molecule has 1 aromatic carbocycles. The lowest BCUT2D eigenvalue weighted by Gasteiger charge is -2.07. The van der Waals surface area contributed by atoms with Crippen LogP contribution in [0, 0.1) is 0 Å². The zero-order valence-electron chi connectivity index (χ0n) is 13.9. The molecule has 9 nitrogen and oxygen atoms in total. The number of hydrogen-bond donors (Lipinski definition) is 2. The van der Waals surface area contributed by atoms with E-state index < -0.39 is 11.2 Å². The second-order valence-corrected chi connectivity index (χ2v) is 5.35. The summed E-state index contributed by atoms with van der Waals surface area (Å²) in [7, 11) is 3.12. The minimum Gasteiger partial charge on any atom is -0.383 e. The van der Waals surface area contributed by atoms with Gasteiger partial charge in [-0.3, -0.25) is 14.3 Å². The highest BCUT2D eigenvalue weighted by atomic mass is 16.5. The van der Waals surface area contributed by atoms with E-state index in [2.05, 4.69) is 20.5 Å². The molecule has 0 aliphatic carbocycles. The molecule has 0 atom stereocenters. The van der Waals surface area contributed by atoms with Crippen LogP contribution in [0.25, 0.3) is 11.2 Å². The third-order valence-electron chi connectivity index (χ3n) is 3.70. The zero-order valence-corrected chi connectivity index (χ0v) is 13.9. The number of aromatic nitrogens is 4. The number of hydrogen-bond acceptors (Lipinski definition) is 6. The summed E-state index contributed by atoms with van der Waals surface area (Å²) in [5.41, 5.74) is 3.30. The number of anilines is 1. The number of aromatic amines is 1. The highest BCUT2D eigenvalue weighted by Gasteiger charge is 2.16. The average molecular weight is 342 g/mol. The number of nitrogens with one attached hydrogen (secondary N) is 2. The molecule has 0 saturated carbocycles. The molecule has 0 bridgehead atoms. The minimum atomic E-state index is -0.520. The third kappa shape index (κ3) is 3.36. The molecule has 0 amide bonds. The summed E-state index contributed by atoms with van der Waals surface area (Å²) in [5, 5.41) is 4.16. The van der Waals surface area contributed by atoms with E-state index in [9.17, 15) is 9.59 Å². The van der Waals surface area contributed by atoms with E-state index in [1.807, 2.05) is 30.3 Å². The van der Waals surface area contributed by atoms with Crippen molar-refractivity contribution in [2.24, 2.45) is 12.1 Å². The van der Waals surface area contributed by atoms with Crippen LogP contribution in [0.5, 0.6) is 0 Å². The van der Waals surface area contributed by atoms with Crippen molar-refractivity contribution in [3.63, 3.8) is 0 Å². The van der Waals surface area contributed by atoms with Gasteiger partial charge in [0.05, 0.1) is 12.8 Å². The van der Waals surface area contributed by atoms with E-state index in [4.69, 9.17) is 4.74 Å². The second kappa shape index (κ2) is 7.14. The molecule has 2 aromatic heterocycles. The van der Waals surface area contributed by atoms with Crippen molar-refractivity contribution in [2.45, 2.75) is 6.54 Å². The van der Waals surface area contributed by atoms with Crippen LogP contribution in [0.4, 0.5) is 5.95 Å². The number of methoxy groups -OCH3 is 1. The van der Waals surface area contributed by atoms with Gasteiger partial charge in [-0.15, -0.1) is 0 Å². The summed E-state index contributed by atoms with van der Waals surface area (Å²) < 4.78 is 8.01. The van der Waals surface area contributed by atoms with Crippen LogP contribution < -0.4 is 16.7 Å². The smallest absolute Gasteiger partial charge is 0.329 e. The molecule has 0 fully saturated rings. The van der Waals surface area contributed by atoms with Crippen molar-refractivity contribution in [2.75, 3.05) is 19.1 Å². The Morgan fingerprint density at radius 1 is 1.32 bits per heavy atom. The molecular formula is C16H18N6O3. The van der Waals surface area contributed by atoms with Crippen molar-refractivity contribution in [1.29, 1.82) is 0 Å². The highest BCUT2D eigenvalue weighted by molar-refractivity contribution is 5.80. The van der Waals surface area contributed by atoms with E-state index >= 15 is 0 Å².